The van der Waals surface area contributed by atoms with Crippen LogP contribution in [0, 0.1) is 5.82 Å². The molecule has 0 aliphatic rings. The van der Waals surface area contributed by atoms with E-state index in [1.807, 2.05) is 0 Å². The molecule has 6 heteroatoms. The van der Waals surface area contributed by atoms with Gasteiger partial charge in [-0.2, -0.15) is 0 Å². The number of nitrogens with one attached hydrogen (secondary N) is 2. The molecule has 130 valence electrons. The van der Waals surface area contributed by atoms with E-state index >= 15 is 0 Å². The van der Waals surface area contributed by atoms with Crippen LogP contribution < -0.4 is 10.6 Å². The Hall–Kier alpha value is -3.15. The molecule has 0 saturated carbocycles. The highest BCUT2D eigenvalue weighted by atomic mass is 19.1. The Balaban J connectivity index is 1.80. The standard InChI is InChI=1S/C19H19FN2O3/c1-13(14-5-4-6-15(20)12-14)11-18(24)21-9-10-22-19(25)16-7-2-3-8-17(16)23/h2-8,11-12,23H,9-10H2,1H3,(H,21,24)(H,22,25)/b13-11+. The van der Waals surface area contributed by atoms with Crippen molar-refractivity contribution in [2.24, 2.45) is 0 Å². The molecule has 0 fully saturated rings. The van der Waals surface area contributed by atoms with E-state index in [-0.39, 0.29) is 36.1 Å². The highest BCUT2D eigenvalue weighted by molar-refractivity contribution is 5.97. The van der Waals surface area contributed by atoms with Crippen molar-refractivity contribution in [1.29, 1.82) is 0 Å². The van der Waals surface area contributed by atoms with Gasteiger partial charge >= 0.3 is 0 Å². The van der Waals surface area contributed by atoms with Crippen LogP contribution in [0.5, 0.6) is 5.75 Å². The van der Waals surface area contributed by atoms with Crippen LogP contribution in [0.25, 0.3) is 5.57 Å². The molecule has 0 bridgehead atoms. The van der Waals surface area contributed by atoms with Crippen molar-refractivity contribution in [2.75, 3.05) is 13.1 Å². The van der Waals surface area contributed by atoms with Crippen LogP contribution in [-0.4, -0.2) is 30.0 Å². The Labute approximate surface area is 145 Å². The number of para-hydroxylation sites is 1. The smallest absolute Gasteiger partial charge is 0.255 e. The Morgan fingerprint density at radius 2 is 1.80 bits per heavy atom. The number of phenols is 1. The summed E-state index contributed by atoms with van der Waals surface area (Å²) in [5.41, 5.74) is 1.44. The van der Waals surface area contributed by atoms with Crippen molar-refractivity contribution in [2.45, 2.75) is 6.92 Å². The van der Waals surface area contributed by atoms with Gasteiger partial charge in [0.05, 0.1) is 5.56 Å². The second kappa shape index (κ2) is 8.63. The Bertz CT molecular complexity index is 803. The molecule has 0 saturated heterocycles. The van der Waals surface area contributed by atoms with Crippen molar-refractivity contribution in [1.82, 2.24) is 10.6 Å². The first-order valence-electron chi connectivity index (χ1n) is 7.75. The molecule has 2 aromatic carbocycles. The Morgan fingerprint density at radius 3 is 2.52 bits per heavy atom. The van der Waals surface area contributed by atoms with Crippen LogP contribution in [0.3, 0.4) is 0 Å². The number of aromatic hydroxyl groups is 1. The number of halogens is 1. The third-order valence-electron chi connectivity index (χ3n) is 3.49. The van der Waals surface area contributed by atoms with Gasteiger partial charge < -0.3 is 15.7 Å². The SMILES string of the molecule is C/C(=C\C(=O)NCCNC(=O)c1ccccc1O)c1cccc(F)c1. The lowest BCUT2D eigenvalue weighted by Gasteiger charge is -2.07. The molecule has 0 aliphatic heterocycles. The van der Waals surface area contributed by atoms with Gasteiger partial charge in [0.2, 0.25) is 5.91 Å². The average molecular weight is 342 g/mol. The molecule has 5 nitrogen and oxygen atoms in total. The predicted molar refractivity (Wildman–Crippen MR) is 93.5 cm³/mol. The van der Waals surface area contributed by atoms with Crippen LogP contribution in [0.1, 0.15) is 22.8 Å². The van der Waals surface area contributed by atoms with Crippen molar-refractivity contribution in [3.63, 3.8) is 0 Å². The van der Waals surface area contributed by atoms with Crippen LogP contribution in [0.2, 0.25) is 0 Å². The van der Waals surface area contributed by atoms with Gasteiger partial charge in [0.25, 0.3) is 5.91 Å². The first-order chi connectivity index (χ1) is 12.0. The van der Waals surface area contributed by atoms with Gasteiger partial charge in [-0.3, -0.25) is 9.59 Å². The zero-order valence-corrected chi connectivity index (χ0v) is 13.8. The molecule has 2 rings (SSSR count). The predicted octanol–water partition coefficient (Wildman–Crippen LogP) is 2.48. The first kappa shape index (κ1) is 18.2. The van der Waals surface area contributed by atoms with E-state index in [0.29, 0.717) is 11.1 Å². The summed E-state index contributed by atoms with van der Waals surface area (Å²) in [5, 5.41) is 14.8. The van der Waals surface area contributed by atoms with Crippen LogP contribution >= 0.6 is 0 Å². The number of carbonyl (C=O) groups excluding carboxylic acids is 2. The number of rotatable bonds is 6. The molecule has 0 radical (unpaired) electrons. The van der Waals surface area contributed by atoms with E-state index in [1.165, 1.54) is 30.3 Å². The molecule has 2 amide bonds. The summed E-state index contributed by atoms with van der Waals surface area (Å²) in [5.74, 6) is -1.22. The summed E-state index contributed by atoms with van der Waals surface area (Å²) in [7, 11) is 0. The van der Waals surface area contributed by atoms with Crippen LogP contribution in [-0.2, 0) is 4.79 Å². The summed E-state index contributed by atoms with van der Waals surface area (Å²) in [4.78, 5) is 23.7. The number of allylic oxidation sites excluding steroid dienone is 1. The Kier molecular flexibility index (Phi) is 6.28. The summed E-state index contributed by atoms with van der Waals surface area (Å²) in [6.45, 7) is 2.16. The van der Waals surface area contributed by atoms with E-state index in [2.05, 4.69) is 10.6 Å². The molecule has 3 N–H and O–H groups in total. The molecule has 0 aliphatic carbocycles. The highest BCUT2D eigenvalue weighted by Crippen LogP contribution is 2.15. The minimum atomic E-state index is -0.418. The molecule has 0 atom stereocenters. The molecule has 25 heavy (non-hydrogen) atoms. The maximum absolute atomic E-state index is 13.2. The molecule has 2 aromatic rings. The van der Waals surface area contributed by atoms with Gasteiger partial charge in [-0.15, -0.1) is 0 Å². The summed E-state index contributed by atoms with van der Waals surface area (Å²) >= 11 is 0. The maximum atomic E-state index is 13.2. The normalized spacial score (nSPS) is 11.0. The molecule has 0 heterocycles. The number of hydrogen-bond donors (Lipinski definition) is 3. The quantitative estimate of drug-likeness (QED) is 0.557. The van der Waals surface area contributed by atoms with E-state index in [9.17, 15) is 19.1 Å². The third kappa shape index (κ3) is 5.46. The molecule has 0 spiro atoms. The number of carbonyl (C=O) groups is 2. The van der Waals surface area contributed by atoms with Crippen molar-refractivity contribution < 1.29 is 19.1 Å². The minimum Gasteiger partial charge on any atom is -0.507 e. The van der Waals surface area contributed by atoms with Crippen LogP contribution in [0.4, 0.5) is 4.39 Å². The molecule has 0 aromatic heterocycles. The summed E-state index contributed by atoms with van der Waals surface area (Å²) in [6.07, 6.45) is 1.37. The van der Waals surface area contributed by atoms with Gasteiger partial charge in [-0.05, 0) is 42.3 Å². The summed E-state index contributed by atoms with van der Waals surface area (Å²) < 4.78 is 13.2. The maximum Gasteiger partial charge on any atom is 0.255 e. The lowest BCUT2D eigenvalue weighted by Crippen LogP contribution is -2.34. The molecule has 0 unspecified atom stereocenters. The fourth-order valence-electron chi connectivity index (χ4n) is 2.19. The Morgan fingerprint density at radius 1 is 1.08 bits per heavy atom. The van der Waals surface area contributed by atoms with E-state index in [0.717, 1.165) is 0 Å². The van der Waals surface area contributed by atoms with Gasteiger partial charge in [0.15, 0.2) is 0 Å². The van der Waals surface area contributed by atoms with Gasteiger partial charge in [0, 0.05) is 19.2 Å². The molecular weight excluding hydrogens is 323 g/mol. The number of hydrogen-bond acceptors (Lipinski definition) is 3. The highest BCUT2D eigenvalue weighted by Gasteiger charge is 2.09. The summed E-state index contributed by atoms with van der Waals surface area (Å²) in [6, 6.07) is 12.2. The number of benzene rings is 2. The third-order valence-corrected chi connectivity index (χ3v) is 3.49. The van der Waals surface area contributed by atoms with Crippen LogP contribution in [0.15, 0.2) is 54.6 Å². The fourth-order valence-corrected chi connectivity index (χ4v) is 2.19. The van der Waals surface area contributed by atoms with Crippen molar-refractivity contribution in [3.8, 4) is 5.75 Å². The topological polar surface area (TPSA) is 78.4 Å². The lowest BCUT2D eigenvalue weighted by molar-refractivity contribution is -0.116. The van der Waals surface area contributed by atoms with E-state index < -0.39 is 5.91 Å². The second-order valence-corrected chi connectivity index (χ2v) is 5.40. The minimum absolute atomic E-state index is 0.0994. The average Bonchev–Trinajstić information content (AvgIpc) is 2.59. The van der Waals surface area contributed by atoms with E-state index in [4.69, 9.17) is 0 Å². The van der Waals surface area contributed by atoms with Crippen molar-refractivity contribution in [3.05, 3.63) is 71.6 Å². The zero-order valence-electron chi connectivity index (χ0n) is 13.8. The first-order valence-corrected chi connectivity index (χ1v) is 7.75. The number of amides is 2. The van der Waals surface area contributed by atoms with Crippen molar-refractivity contribution >= 4 is 17.4 Å². The monoisotopic (exact) mass is 342 g/mol. The van der Waals surface area contributed by atoms with E-state index in [1.54, 1.807) is 31.2 Å². The fraction of sp³-hybridized carbons (Fsp3) is 0.158. The number of phenolic OH excluding ortho intramolecular Hbond substituents is 1. The van der Waals surface area contributed by atoms with Gasteiger partial charge in [-0.25, -0.2) is 4.39 Å². The molecular formula is C19H19FN2O3. The van der Waals surface area contributed by atoms with Gasteiger partial charge in [-0.1, -0.05) is 24.3 Å². The van der Waals surface area contributed by atoms with Gasteiger partial charge in [0.1, 0.15) is 11.6 Å². The second-order valence-electron chi connectivity index (χ2n) is 5.40. The lowest BCUT2D eigenvalue weighted by atomic mass is 10.1. The largest absolute Gasteiger partial charge is 0.507 e. The zero-order chi connectivity index (χ0) is 18.2.